The van der Waals surface area contributed by atoms with Crippen LogP contribution in [0.5, 0.6) is 0 Å². The van der Waals surface area contributed by atoms with Crippen molar-refractivity contribution in [3.63, 3.8) is 0 Å². The second kappa shape index (κ2) is 6.85. The number of carbonyl (C=O) groups excluding carboxylic acids is 2. The summed E-state index contributed by atoms with van der Waals surface area (Å²) in [5.41, 5.74) is 1.03. The molecule has 0 N–H and O–H groups in total. The van der Waals surface area contributed by atoms with Gasteiger partial charge in [0.25, 0.3) is 0 Å². The van der Waals surface area contributed by atoms with Crippen LogP contribution in [0.15, 0.2) is 60.7 Å². The normalized spacial score (nSPS) is 12.6. The van der Waals surface area contributed by atoms with E-state index in [4.69, 9.17) is 9.47 Å². The van der Waals surface area contributed by atoms with Gasteiger partial charge in [0.15, 0.2) is 0 Å². The number of benzene rings is 2. The molecule has 0 aliphatic heterocycles. The van der Waals surface area contributed by atoms with Crippen molar-refractivity contribution < 1.29 is 19.1 Å². The molecule has 4 nitrogen and oxygen atoms in total. The minimum atomic E-state index is -0.579. The van der Waals surface area contributed by atoms with E-state index in [-0.39, 0.29) is 11.1 Å². The summed E-state index contributed by atoms with van der Waals surface area (Å²) in [5.74, 6) is -1.16. The summed E-state index contributed by atoms with van der Waals surface area (Å²) in [6, 6.07) is 14.1. The number of ether oxygens (including phenoxy) is 2. The smallest absolute Gasteiger partial charge is 0.339 e. The van der Waals surface area contributed by atoms with Crippen LogP contribution < -0.4 is 5.22 Å². The Morgan fingerprint density at radius 1 is 0.833 bits per heavy atom. The first-order valence-corrected chi connectivity index (χ1v) is 9.61. The molecule has 4 heteroatoms. The van der Waals surface area contributed by atoms with E-state index in [0.29, 0.717) is 5.56 Å². The van der Waals surface area contributed by atoms with Crippen LogP contribution in [0.1, 0.15) is 26.3 Å². The van der Waals surface area contributed by atoms with Crippen LogP contribution in [0.4, 0.5) is 0 Å². The molecule has 0 amide bonds. The maximum Gasteiger partial charge on any atom is 0.339 e. The minimum absolute atomic E-state index is 0.187. The number of allylic oxidation sites excluding steroid dienone is 3. The zero-order valence-corrected chi connectivity index (χ0v) is 16.6. The lowest BCUT2D eigenvalue weighted by molar-refractivity contribution is 0.0555. The molecular weight excluding hydrogens is 376 g/mol. The van der Waals surface area contributed by atoms with E-state index in [1.165, 1.54) is 14.2 Å². The molecule has 0 radical (unpaired) electrons. The lowest BCUT2D eigenvalue weighted by Crippen LogP contribution is -2.16. The predicted molar refractivity (Wildman–Crippen MR) is 117 cm³/mol. The molecule has 0 heterocycles. The lowest BCUT2D eigenvalue weighted by atomic mass is 10.0. The first-order valence-electron chi connectivity index (χ1n) is 9.61. The molecule has 2 aromatic carbocycles. The number of hydrogen-bond donors (Lipinski definition) is 0. The Labute approximate surface area is 172 Å². The fraction of sp³-hybridized carbons (Fsp3) is 0.0769. The van der Waals surface area contributed by atoms with Crippen molar-refractivity contribution in [1.82, 2.24) is 0 Å². The number of methoxy groups -OCH3 is 2. The summed E-state index contributed by atoms with van der Waals surface area (Å²) in [4.78, 5) is 25.6. The van der Waals surface area contributed by atoms with Gasteiger partial charge in [0.1, 0.15) is 0 Å². The molecular formula is C26H18O4. The third-order valence-electron chi connectivity index (χ3n) is 5.66. The van der Waals surface area contributed by atoms with E-state index < -0.39 is 11.9 Å². The molecule has 0 unspecified atom stereocenters. The highest BCUT2D eigenvalue weighted by Crippen LogP contribution is 2.31. The third kappa shape index (κ3) is 2.47. The van der Waals surface area contributed by atoms with Crippen molar-refractivity contribution in [3.8, 4) is 0 Å². The second-order valence-corrected chi connectivity index (χ2v) is 7.15. The molecule has 0 fully saturated rings. The van der Waals surface area contributed by atoms with Gasteiger partial charge in [-0.2, -0.15) is 0 Å². The van der Waals surface area contributed by atoms with Gasteiger partial charge in [-0.25, -0.2) is 9.59 Å². The highest BCUT2D eigenvalue weighted by molar-refractivity contribution is 6.13. The zero-order valence-electron chi connectivity index (χ0n) is 16.6. The van der Waals surface area contributed by atoms with Gasteiger partial charge in [-0.15, -0.1) is 0 Å². The van der Waals surface area contributed by atoms with E-state index in [2.05, 4.69) is 18.2 Å². The van der Waals surface area contributed by atoms with Crippen LogP contribution in [0.2, 0.25) is 0 Å². The number of hydrogen-bond acceptors (Lipinski definition) is 4. The summed E-state index contributed by atoms with van der Waals surface area (Å²) in [5, 5.41) is 7.14. The Morgan fingerprint density at radius 2 is 1.57 bits per heavy atom. The molecule has 0 spiro atoms. The molecule has 0 aromatic heterocycles. The topological polar surface area (TPSA) is 52.6 Å². The quantitative estimate of drug-likeness (QED) is 0.474. The van der Waals surface area contributed by atoms with Crippen molar-refractivity contribution >= 4 is 45.6 Å². The Balaban J connectivity index is 2.20. The lowest BCUT2D eigenvalue weighted by Gasteiger charge is -2.07. The van der Waals surface area contributed by atoms with Crippen molar-refractivity contribution in [2.45, 2.75) is 0 Å². The minimum Gasteiger partial charge on any atom is -0.465 e. The predicted octanol–water partition coefficient (Wildman–Crippen LogP) is 4.37. The van der Waals surface area contributed by atoms with Gasteiger partial charge < -0.3 is 9.47 Å². The van der Waals surface area contributed by atoms with Gasteiger partial charge in [-0.3, -0.25) is 0 Å². The Morgan fingerprint density at radius 3 is 2.30 bits per heavy atom. The second-order valence-electron chi connectivity index (χ2n) is 7.15. The maximum atomic E-state index is 12.8. The first-order chi connectivity index (χ1) is 14.7. The van der Waals surface area contributed by atoms with E-state index in [9.17, 15) is 9.59 Å². The highest BCUT2D eigenvalue weighted by Gasteiger charge is 2.24. The molecule has 146 valence electrons. The third-order valence-corrected chi connectivity index (χ3v) is 5.66. The Bertz CT molecular complexity index is 1530. The summed E-state index contributed by atoms with van der Waals surface area (Å²) in [6.07, 6.45) is 9.51. The summed E-state index contributed by atoms with van der Waals surface area (Å²) in [7, 11) is 2.63. The monoisotopic (exact) mass is 394 g/mol. The average Bonchev–Trinajstić information content (AvgIpc) is 2.91. The van der Waals surface area contributed by atoms with Crippen LogP contribution >= 0.6 is 0 Å². The summed E-state index contributed by atoms with van der Waals surface area (Å²) < 4.78 is 10.1. The van der Waals surface area contributed by atoms with Gasteiger partial charge in [0.2, 0.25) is 0 Å². The fourth-order valence-electron chi connectivity index (χ4n) is 4.43. The van der Waals surface area contributed by atoms with Crippen LogP contribution in [-0.4, -0.2) is 26.2 Å². The highest BCUT2D eigenvalue weighted by atomic mass is 16.5. The number of esters is 2. The first kappa shape index (κ1) is 18.1. The molecule has 0 saturated carbocycles. The summed E-state index contributed by atoms with van der Waals surface area (Å²) in [6.45, 7) is 0. The van der Waals surface area contributed by atoms with E-state index in [1.807, 2.05) is 48.6 Å². The van der Waals surface area contributed by atoms with E-state index >= 15 is 0 Å². The molecule has 3 aliphatic carbocycles. The molecule has 3 aliphatic rings. The van der Waals surface area contributed by atoms with Gasteiger partial charge in [0, 0.05) is 0 Å². The maximum absolute atomic E-state index is 12.8. The Hall–Kier alpha value is -3.92. The van der Waals surface area contributed by atoms with Crippen molar-refractivity contribution in [3.05, 3.63) is 93.0 Å². The number of rotatable bonds is 2. The Kier molecular flexibility index (Phi) is 4.14. The summed E-state index contributed by atoms with van der Waals surface area (Å²) >= 11 is 0. The van der Waals surface area contributed by atoms with Crippen molar-refractivity contribution in [2.24, 2.45) is 0 Å². The molecule has 0 bridgehead atoms. The number of carbonyl (C=O) groups is 2. The molecule has 30 heavy (non-hydrogen) atoms. The van der Waals surface area contributed by atoms with Crippen LogP contribution in [0.3, 0.4) is 0 Å². The fourth-order valence-corrected chi connectivity index (χ4v) is 4.43. The zero-order chi connectivity index (χ0) is 20.8. The van der Waals surface area contributed by atoms with Gasteiger partial charge in [-0.05, 0) is 48.8 Å². The molecule has 5 rings (SSSR count). The van der Waals surface area contributed by atoms with Crippen LogP contribution in [0.25, 0.3) is 33.7 Å². The van der Waals surface area contributed by atoms with Crippen molar-refractivity contribution in [2.75, 3.05) is 14.2 Å². The average molecular weight is 394 g/mol. The van der Waals surface area contributed by atoms with Gasteiger partial charge in [0.05, 0.1) is 25.3 Å². The SMILES string of the molecule is COC(=O)c1cc2c3cccc4cccc(c=2c2c(c1C(=O)OC)C=CC=CC=2)c43. The van der Waals surface area contributed by atoms with E-state index in [1.54, 1.807) is 6.07 Å². The van der Waals surface area contributed by atoms with E-state index in [0.717, 1.165) is 37.2 Å². The standard InChI is InChI=1S/C26H18O4/c1-29-25(27)21-14-20-18-12-6-8-15-9-7-13-19(22(15)18)23(20)16-10-4-3-5-11-17(16)24(21)26(28)30-2/h3-14H,1-2H3. The van der Waals surface area contributed by atoms with Crippen LogP contribution in [-0.2, 0) is 9.47 Å². The van der Waals surface area contributed by atoms with Gasteiger partial charge in [-0.1, -0.05) is 66.8 Å². The largest absolute Gasteiger partial charge is 0.465 e. The molecule has 0 saturated heterocycles. The molecule has 2 aromatic rings. The van der Waals surface area contributed by atoms with Gasteiger partial charge >= 0.3 is 11.9 Å². The molecule has 0 atom stereocenters. The van der Waals surface area contributed by atoms with Crippen molar-refractivity contribution in [1.29, 1.82) is 0 Å². The number of fused-ring (bicyclic) bond motifs is 4. The van der Waals surface area contributed by atoms with Crippen LogP contribution in [0, 0.1) is 10.4 Å².